The fourth-order valence-electron chi connectivity index (χ4n) is 4.87. The number of aryl methyl sites for hydroxylation is 2. The Morgan fingerprint density at radius 2 is 1.85 bits per heavy atom. The molecule has 0 saturated heterocycles. The molecule has 2 aromatic carbocycles. The van der Waals surface area contributed by atoms with Gasteiger partial charge in [0.25, 0.3) is 0 Å². The van der Waals surface area contributed by atoms with Crippen molar-refractivity contribution in [2.24, 2.45) is 4.99 Å². The van der Waals surface area contributed by atoms with E-state index in [-0.39, 0.29) is 12.0 Å². The molecule has 0 saturated carbocycles. The lowest BCUT2D eigenvalue weighted by Gasteiger charge is -2.21. The Bertz CT molecular complexity index is 1610. The molecule has 8 heteroatoms. The first-order valence-corrected chi connectivity index (χ1v) is 11.1. The smallest absolute Gasteiger partial charge is 0.211 e. The normalized spacial score (nSPS) is 15.3. The van der Waals surface area contributed by atoms with Gasteiger partial charge in [0.05, 0.1) is 35.2 Å². The molecule has 1 atom stereocenters. The number of rotatable bonds is 3. The molecule has 4 heterocycles. The number of hydrogen-bond acceptors (Lipinski definition) is 7. The third kappa shape index (κ3) is 2.95. The van der Waals surface area contributed by atoms with E-state index >= 15 is 0 Å². The summed E-state index contributed by atoms with van der Waals surface area (Å²) in [6, 6.07) is 13.5. The molecule has 0 fully saturated rings. The summed E-state index contributed by atoms with van der Waals surface area (Å²) in [5.41, 5.74) is 6.81. The summed E-state index contributed by atoms with van der Waals surface area (Å²) in [4.78, 5) is 12.8. The number of aromatic nitrogens is 3. The maximum atomic E-state index is 10.4. The number of benzene rings is 2. The average molecular weight is 454 g/mol. The van der Waals surface area contributed by atoms with E-state index in [9.17, 15) is 5.11 Å². The number of nitrogens with one attached hydrogen (secondary N) is 2. The summed E-state index contributed by atoms with van der Waals surface area (Å²) in [5.74, 6) is 2.27. The van der Waals surface area contributed by atoms with E-state index in [1.807, 2.05) is 51.1 Å². The van der Waals surface area contributed by atoms with Gasteiger partial charge in [-0.3, -0.25) is 4.99 Å². The number of methoxy groups -OCH3 is 1. The van der Waals surface area contributed by atoms with E-state index in [4.69, 9.17) is 14.3 Å². The van der Waals surface area contributed by atoms with Gasteiger partial charge >= 0.3 is 0 Å². The summed E-state index contributed by atoms with van der Waals surface area (Å²) < 4.78 is 11.2. The van der Waals surface area contributed by atoms with Gasteiger partial charge in [0.15, 0.2) is 0 Å². The maximum Gasteiger partial charge on any atom is 0.211 e. The third-order valence-corrected chi connectivity index (χ3v) is 6.29. The Labute approximate surface area is 195 Å². The second-order valence-electron chi connectivity index (χ2n) is 8.52. The molecule has 0 aliphatic carbocycles. The fraction of sp³-hybridized carbons (Fsp3) is 0.192. The summed E-state index contributed by atoms with van der Waals surface area (Å²) in [7, 11) is 1.66. The van der Waals surface area contributed by atoms with E-state index in [2.05, 4.69) is 26.5 Å². The van der Waals surface area contributed by atoms with Crippen LogP contribution in [-0.2, 0) is 0 Å². The lowest BCUT2D eigenvalue weighted by Crippen LogP contribution is -2.23. The van der Waals surface area contributed by atoms with Crippen molar-refractivity contribution in [3.8, 4) is 22.8 Å². The number of ether oxygens (including phenoxy) is 1. The van der Waals surface area contributed by atoms with Crippen LogP contribution in [0.25, 0.3) is 32.9 Å². The fourth-order valence-corrected chi connectivity index (χ4v) is 4.87. The van der Waals surface area contributed by atoms with Gasteiger partial charge in [0.2, 0.25) is 5.88 Å². The van der Waals surface area contributed by atoms with E-state index in [0.717, 1.165) is 61.5 Å². The quantitative estimate of drug-likeness (QED) is 0.342. The van der Waals surface area contributed by atoms with Crippen molar-refractivity contribution in [1.29, 1.82) is 0 Å². The number of H-pyrrole nitrogens is 1. The number of pyridine rings is 1. The molecule has 0 radical (unpaired) electrons. The number of fused-ring (bicyclic) bond motifs is 4. The monoisotopic (exact) mass is 453 g/mol. The lowest BCUT2D eigenvalue weighted by molar-refractivity contribution is 0.393. The standard InChI is InChI=1S/C26H23N5O3/c1-12-23(13(2)34-31-12)18-9-20-17(10-21(18)33-4)24-25(27-14(3)28-26(24)30-20)16-11-22(32)29-19-8-6-5-7-15(16)19/h5-11,14,28,30H,1-4H3,(H,29,32). The molecular weight excluding hydrogens is 430 g/mol. The van der Waals surface area contributed by atoms with Crippen LogP contribution in [0.3, 0.4) is 0 Å². The van der Waals surface area contributed by atoms with Gasteiger partial charge in [-0.25, -0.2) is 4.98 Å². The molecule has 3 N–H and O–H groups in total. The van der Waals surface area contributed by atoms with Crippen LogP contribution < -0.4 is 10.1 Å². The highest BCUT2D eigenvalue weighted by atomic mass is 16.5. The molecule has 170 valence electrons. The second-order valence-corrected chi connectivity index (χ2v) is 8.52. The van der Waals surface area contributed by atoms with Crippen LogP contribution >= 0.6 is 0 Å². The Morgan fingerprint density at radius 1 is 1.03 bits per heavy atom. The number of para-hydroxylation sites is 1. The van der Waals surface area contributed by atoms with E-state index in [1.165, 1.54) is 0 Å². The molecule has 1 unspecified atom stereocenters. The summed E-state index contributed by atoms with van der Waals surface area (Å²) >= 11 is 0. The summed E-state index contributed by atoms with van der Waals surface area (Å²) in [5, 5.41) is 19.8. The second kappa shape index (κ2) is 7.34. The molecule has 1 aliphatic rings. The highest BCUT2D eigenvalue weighted by Gasteiger charge is 2.27. The highest BCUT2D eigenvalue weighted by molar-refractivity contribution is 6.27. The van der Waals surface area contributed by atoms with Crippen molar-refractivity contribution in [2.45, 2.75) is 26.9 Å². The zero-order valence-corrected chi connectivity index (χ0v) is 19.2. The van der Waals surface area contributed by atoms with Gasteiger partial charge in [-0.05, 0) is 39.0 Å². The van der Waals surface area contributed by atoms with Crippen LogP contribution in [0.15, 0.2) is 52.0 Å². The van der Waals surface area contributed by atoms with Crippen LogP contribution in [0.2, 0.25) is 0 Å². The van der Waals surface area contributed by atoms with Gasteiger partial charge in [-0.1, -0.05) is 23.4 Å². The number of nitrogens with zero attached hydrogens (tertiary/aromatic N) is 3. The molecule has 0 amide bonds. The SMILES string of the molecule is COc1cc2c3c([nH]c2cc1-c1c(C)noc1C)NC(C)N=C3c1cc(O)nc2ccccc12. The van der Waals surface area contributed by atoms with Crippen molar-refractivity contribution in [1.82, 2.24) is 15.1 Å². The van der Waals surface area contributed by atoms with E-state index < -0.39 is 0 Å². The zero-order chi connectivity index (χ0) is 23.6. The van der Waals surface area contributed by atoms with Crippen molar-refractivity contribution < 1.29 is 14.4 Å². The summed E-state index contributed by atoms with van der Waals surface area (Å²) in [6.45, 7) is 5.81. The Balaban J connectivity index is 1.64. The largest absolute Gasteiger partial charge is 0.496 e. The van der Waals surface area contributed by atoms with Gasteiger partial charge in [-0.15, -0.1) is 0 Å². The van der Waals surface area contributed by atoms with Gasteiger partial charge in [0, 0.05) is 33.5 Å². The Hall–Kier alpha value is -4.33. The van der Waals surface area contributed by atoms with Crippen LogP contribution in [0.1, 0.15) is 29.5 Å². The van der Waals surface area contributed by atoms with E-state index in [1.54, 1.807) is 13.2 Å². The van der Waals surface area contributed by atoms with E-state index in [0.29, 0.717) is 11.3 Å². The highest BCUT2D eigenvalue weighted by Crippen LogP contribution is 2.42. The van der Waals surface area contributed by atoms with Gasteiger partial charge < -0.3 is 24.7 Å². The zero-order valence-electron chi connectivity index (χ0n) is 19.2. The Kier molecular flexibility index (Phi) is 4.38. The van der Waals surface area contributed by atoms with Crippen LogP contribution in [0, 0.1) is 13.8 Å². The van der Waals surface area contributed by atoms with Crippen molar-refractivity contribution in [3.05, 3.63) is 65.0 Å². The van der Waals surface area contributed by atoms with Gasteiger partial charge in [-0.2, -0.15) is 0 Å². The minimum Gasteiger partial charge on any atom is -0.496 e. The van der Waals surface area contributed by atoms with Crippen LogP contribution in [0.5, 0.6) is 11.6 Å². The lowest BCUT2D eigenvalue weighted by atomic mass is 9.94. The number of aliphatic imine (C=N–C) groups is 1. The molecule has 0 spiro atoms. The van der Waals surface area contributed by atoms with Crippen molar-refractivity contribution in [2.75, 3.05) is 12.4 Å². The number of anilines is 1. The maximum absolute atomic E-state index is 10.4. The minimum atomic E-state index is -0.159. The molecule has 8 nitrogen and oxygen atoms in total. The number of hydrogen-bond donors (Lipinski definition) is 3. The molecule has 6 rings (SSSR count). The predicted molar refractivity (Wildman–Crippen MR) is 132 cm³/mol. The molecule has 0 bridgehead atoms. The molecular formula is C26H23N5O3. The molecule has 3 aromatic heterocycles. The first-order chi connectivity index (χ1) is 16.4. The summed E-state index contributed by atoms with van der Waals surface area (Å²) in [6.07, 6.45) is -0.159. The topological polar surface area (TPSA) is 109 Å². The van der Waals surface area contributed by atoms with Crippen LogP contribution in [0.4, 0.5) is 5.82 Å². The minimum absolute atomic E-state index is 0.0396. The number of aromatic hydroxyl groups is 1. The first kappa shape index (κ1) is 20.3. The molecule has 1 aliphatic heterocycles. The predicted octanol–water partition coefficient (Wildman–Crippen LogP) is 5.31. The van der Waals surface area contributed by atoms with Gasteiger partial charge in [0.1, 0.15) is 23.5 Å². The van der Waals surface area contributed by atoms with Crippen molar-refractivity contribution in [3.63, 3.8) is 0 Å². The van der Waals surface area contributed by atoms with Crippen molar-refractivity contribution >= 4 is 33.3 Å². The third-order valence-electron chi connectivity index (χ3n) is 6.29. The molecule has 5 aromatic rings. The molecule has 34 heavy (non-hydrogen) atoms. The number of aromatic amines is 1. The Morgan fingerprint density at radius 3 is 2.62 bits per heavy atom. The average Bonchev–Trinajstić information content (AvgIpc) is 3.34. The first-order valence-electron chi connectivity index (χ1n) is 11.1. The van der Waals surface area contributed by atoms with Crippen LogP contribution in [-0.4, -0.2) is 39.2 Å².